The van der Waals surface area contributed by atoms with E-state index in [1.165, 1.54) is 0 Å². The third kappa shape index (κ3) is 4.17. The van der Waals surface area contributed by atoms with Gasteiger partial charge in [0.2, 0.25) is 17.6 Å². The van der Waals surface area contributed by atoms with E-state index >= 15 is 0 Å². The topological polar surface area (TPSA) is 128 Å². The number of hydrogen-bond acceptors (Lipinski definition) is 8. The van der Waals surface area contributed by atoms with Gasteiger partial charge in [-0.3, -0.25) is 10.1 Å². The van der Waals surface area contributed by atoms with Gasteiger partial charge in [-0.25, -0.2) is 0 Å². The zero-order valence-electron chi connectivity index (χ0n) is 12.8. The van der Waals surface area contributed by atoms with Crippen LogP contribution in [0, 0.1) is 16.0 Å². The molecule has 1 atom stereocenters. The molecule has 1 aliphatic heterocycles. The first-order valence-corrected chi connectivity index (χ1v) is 7.38. The van der Waals surface area contributed by atoms with Crippen LogP contribution in [0.1, 0.15) is 26.7 Å². The summed E-state index contributed by atoms with van der Waals surface area (Å²) in [5.41, 5.74) is 5.41. The van der Waals surface area contributed by atoms with Crippen molar-refractivity contribution in [3.63, 3.8) is 0 Å². The molecule has 0 spiro atoms. The molecule has 9 heteroatoms. The number of nitrogen functional groups attached to an aromatic ring is 1. The minimum absolute atomic E-state index is 0.0443. The van der Waals surface area contributed by atoms with Crippen LogP contribution >= 0.6 is 0 Å². The molecule has 0 unspecified atom stereocenters. The molecule has 2 rings (SSSR count). The van der Waals surface area contributed by atoms with Crippen molar-refractivity contribution in [3.05, 3.63) is 10.1 Å². The van der Waals surface area contributed by atoms with Gasteiger partial charge in [-0.2, -0.15) is 9.97 Å². The second-order valence-electron chi connectivity index (χ2n) is 5.68. The predicted octanol–water partition coefficient (Wildman–Crippen LogP) is 1.63. The van der Waals surface area contributed by atoms with Gasteiger partial charge in [0.15, 0.2) is 0 Å². The van der Waals surface area contributed by atoms with Crippen LogP contribution in [-0.4, -0.2) is 40.7 Å². The molecule has 2 heterocycles. The number of aromatic nitrogens is 2. The molecule has 1 aromatic heterocycles. The minimum Gasteiger partial charge on any atom is -0.378 e. The van der Waals surface area contributed by atoms with Gasteiger partial charge < -0.3 is 21.1 Å². The fraction of sp³-hybridized carbons (Fsp3) is 0.692. The number of nitrogens with two attached hydrogens (primary N) is 1. The van der Waals surface area contributed by atoms with E-state index in [1.54, 1.807) is 0 Å². The third-order valence-electron chi connectivity index (χ3n) is 3.28. The molecule has 122 valence electrons. The predicted molar refractivity (Wildman–Crippen MR) is 83.9 cm³/mol. The van der Waals surface area contributed by atoms with Crippen LogP contribution in [0.4, 0.5) is 23.3 Å². The van der Waals surface area contributed by atoms with Crippen LogP contribution in [0.25, 0.3) is 0 Å². The molecule has 0 aliphatic carbocycles. The maximum absolute atomic E-state index is 11.2. The molecule has 4 N–H and O–H groups in total. The van der Waals surface area contributed by atoms with Crippen molar-refractivity contribution in [2.24, 2.45) is 5.92 Å². The van der Waals surface area contributed by atoms with Gasteiger partial charge in [-0.05, 0) is 18.8 Å². The van der Waals surface area contributed by atoms with Gasteiger partial charge in [0.1, 0.15) is 0 Å². The maximum atomic E-state index is 11.2. The zero-order chi connectivity index (χ0) is 16.1. The molecule has 22 heavy (non-hydrogen) atoms. The number of ether oxygens (including phenoxy) is 1. The average molecular weight is 310 g/mol. The number of anilines is 3. The van der Waals surface area contributed by atoms with Crippen molar-refractivity contribution < 1.29 is 9.66 Å². The van der Waals surface area contributed by atoms with Crippen molar-refractivity contribution in [3.8, 4) is 0 Å². The van der Waals surface area contributed by atoms with Crippen LogP contribution in [0.2, 0.25) is 0 Å². The molecule has 0 aromatic carbocycles. The van der Waals surface area contributed by atoms with Gasteiger partial charge in [0, 0.05) is 19.7 Å². The molecule has 0 saturated carbocycles. The fourth-order valence-corrected chi connectivity index (χ4v) is 2.17. The molecule has 1 aliphatic rings. The summed E-state index contributed by atoms with van der Waals surface area (Å²) in [7, 11) is 0. The highest BCUT2D eigenvalue weighted by Crippen LogP contribution is 2.29. The highest BCUT2D eigenvalue weighted by Gasteiger charge is 2.24. The number of nitrogens with zero attached hydrogens (tertiary/aromatic N) is 3. The quantitative estimate of drug-likeness (QED) is 0.512. The normalized spacial score (nSPS) is 17.7. The maximum Gasteiger partial charge on any atom is 0.353 e. The van der Waals surface area contributed by atoms with Crippen LogP contribution in [0.15, 0.2) is 0 Å². The molecule has 1 fully saturated rings. The van der Waals surface area contributed by atoms with Gasteiger partial charge in [-0.1, -0.05) is 13.8 Å². The Morgan fingerprint density at radius 1 is 1.45 bits per heavy atom. The summed E-state index contributed by atoms with van der Waals surface area (Å²) < 4.78 is 5.49. The first-order chi connectivity index (χ1) is 10.5. The summed E-state index contributed by atoms with van der Waals surface area (Å²) in [6.07, 6.45) is 1.98. The SMILES string of the molecule is CC(C)CNc1nc(N)c([N+](=O)[O-])c(NC[C@@H]2CCCO2)n1. The van der Waals surface area contributed by atoms with Crippen LogP contribution in [0.5, 0.6) is 0 Å². The minimum atomic E-state index is -0.570. The van der Waals surface area contributed by atoms with E-state index in [0.29, 0.717) is 19.0 Å². The number of nitro groups is 1. The summed E-state index contributed by atoms with van der Waals surface area (Å²) in [4.78, 5) is 18.7. The lowest BCUT2D eigenvalue weighted by molar-refractivity contribution is -0.383. The van der Waals surface area contributed by atoms with Crippen LogP contribution < -0.4 is 16.4 Å². The number of nitrogens with one attached hydrogen (secondary N) is 2. The Labute approximate surface area is 128 Å². The Balaban J connectivity index is 2.16. The monoisotopic (exact) mass is 310 g/mol. The zero-order valence-corrected chi connectivity index (χ0v) is 12.8. The van der Waals surface area contributed by atoms with E-state index in [4.69, 9.17) is 10.5 Å². The highest BCUT2D eigenvalue weighted by atomic mass is 16.6. The van der Waals surface area contributed by atoms with E-state index in [1.807, 2.05) is 13.8 Å². The van der Waals surface area contributed by atoms with Crippen molar-refractivity contribution >= 4 is 23.3 Å². The lowest BCUT2D eigenvalue weighted by atomic mass is 10.2. The summed E-state index contributed by atoms with van der Waals surface area (Å²) in [6.45, 7) is 5.92. The van der Waals surface area contributed by atoms with Crippen LogP contribution in [0.3, 0.4) is 0 Å². The fourth-order valence-electron chi connectivity index (χ4n) is 2.17. The Morgan fingerprint density at radius 3 is 2.82 bits per heavy atom. The third-order valence-corrected chi connectivity index (χ3v) is 3.28. The van der Waals surface area contributed by atoms with Gasteiger partial charge in [0.25, 0.3) is 0 Å². The van der Waals surface area contributed by atoms with E-state index in [9.17, 15) is 10.1 Å². The smallest absolute Gasteiger partial charge is 0.353 e. The van der Waals surface area contributed by atoms with Crippen LogP contribution in [-0.2, 0) is 4.74 Å². The van der Waals surface area contributed by atoms with Crippen molar-refractivity contribution in [2.75, 3.05) is 36.1 Å². The molecule has 0 bridgehead atoms. The molecule has 0 amide bonds. The summed E-state index contributed by atoms with van der Waals surface area (Å²) in [6, 6.07) is 0. The number of hydrogen-bond donors (Lipinski definition) is 3. The standard InChI is InChI=1S/C13H22N6O3/c1-8(2)6-16-13-17-11(14)10(19(20)21)12(18-13)15-7-9-4-3-5-22-9/h8-9H,3-7H2,1-2H3,(H4,14,15,16,17,18)/t9-/m0/s1. The van der Waals surface area contributed by atoms with E-state index in [2.05, 4.69) is 20.6 Å². The second-order valence-corrected chi connectivity index (χ2v) is 5.68. The molecule has 1 saturated heterocycles. The first kappa shape index (κ1) is 16.2. The lowest BCUT2D eigenvalue weighted by Gasteiger charge is -2.13. The largest absolute Gasteiger partial charge is 0.378 e. The Bertz CT molecular complexity index is 531. The Morgan fingerprint density at radius 2 is 2.23 bits per heavy atom. The summed E-state index contributed by atoms with van der Waals surface area (Å²) in [5, 5.41) is 17.2. The van der Waals surface area contributed by atoms with Gasteiger partial charge >= 0.3 is 5.69 Å². The number of rotatable bonds is 7. The lowest BCUT2D eigenvalue weighted by Crippen LogP contribution is -2.21. The second kappa shape index (κ2) is 7.21. The average Bonchev–Trinajstić information content (AvgIpc) is 2.95. The Hall–Kier alpha value is -2.16. The van der Waals surface area contributed by atoms with E-state index in [-0.39, 0.29) is 29.4 Å². The molecule has 0 radical (unpaired) electrons. The molecule has 9 nitrogen and oxygen atoms in total. The van der Waals surface area contributed by atoms with E-state index in [0.717, 1.165) is 19.4 Å². The van der Waals surface area contributed by atoms with Gasteiger partial charge in [0.05, 0.1) is 11.0 Å². The summed E-state index contributed by atoms with van der Waals surface area (Å²) >= 11 is 0. The highest BCUT2D eigenvalue weighted by molar-refractivity contribution is 5.69. The summed E-state index contributed by atoms with van der Waals surface area (Å²) in [5.74, 6) is 0.648. The van der Waals surface area contributed by atoms with Gasteiger partial charge in [-0.15, -0.1) is 0 Å². The molecular formula is C13H22N6O3. The Kier molecular flexibility index (Phi) is 5.31. The molecular weight excluding hydrogens is 288 g/mol. The van der Waals surface area contributed by atoms with Crippen molar-refractivity contribution in [1.82, 2.24) is 9.97 Å². The first-order valence-electron chi connectivity index (χ1n) is 7.38. The van der Waals surface area contributed by atoms with Crippen molar-refractivity contribution in [2.45, 2.75) is 32.8 Å². The molecule has 1 aromatic rings. The van der Waals surface area contributed by atoms with E-state index < -0.39 is 4.92 Å². The van der Waals surface area contributed by atoms with Crippen molar-refractivity contribution in [1.29, 1.82) is 0 Å².